The SMILES string of the molecule is NC(=O)Nc1cccc(C(=O)NCc2csc(-c3ccccc3)n2)c1. The molecule has 0 saturated carbocycles. The van der Waals surface area contributed by atoms with Crippen molar-refractivity contribution in [2.24, 2.45) is 5.73 Å². The maximum Gasteiger partial charge on any atom is 0.316 e. The smallest absolute Gasteiger partial charge is 0.316 e. The van der Waals surface area contributed by atoms with E-state index in [9.17, 15) is 9.59 Å². The third-order valence-corrected chi connectivity index (χ3v) is 4.34. The Hall–Kier alpha value is -3.19. The molecule has 0 unspecified atom stereocenters. The van der Waals surface area contributed by atoms with Crippen LogP contribution in [-0.4, -0.2) is 16.9 Å². The normalized spacial score (nSPS) is 10.2. The highest BCUT2D eigenvalue weighted by Gasteiger charge is 2.09. The molecular weight excluding hydrogens is 336 g/mol. The number of carbonyl (C=O) groups excluding carboxylic acids is 2. The van der Waals surface area contributed by atoms with Gasteiger partial charge in [0.15, 0.2) is 0 Å². The minimum absolute atomic E-state index is 0.248. The number of nitrogens with two attached hydrogens (primary N) is 1. The number of nitrogens with zero attached hydrogens (tertiary/aromatic N) is 1. The summed E-state index contributed by atoms with van der Waals surface area (Å²) in [6, 6.07) is 15.8. The highest BCUT2D eigenvalue weighted by molar-refractivity contribution is 7.13. The first-order valence-corrected chi connectivity index (χ1v) is 8.44. The lowest BCUT2D eigenvalue weighted by molar-refractivity contribution is 0.0950. The van der Waals surface area contributed by atoms with Gasteiger partial charge in [-0.1, -0.05) is 36.4 Å². The molecule has 1 heterocycles. The zero-order chi connectivity index (χ0) is 17.6. The Morgan fingerprint density at radius 3 is 2.64 bits per heavy atom. The molecule has 3 rings (SSSR count). The zero-order valence-electron chi connectivity index (χ0n) is 13.2. The molecule has 2 aromatic carbocycles. The van der Waals surface area contributed by atoms with Crippen LogP contribution in [0.1, 0.15) is 16.1 Å². The first-order valence-electron chi connectivity index (χ1n) is 7.56. The average Bonchev–Trinajstić information content (AvgIpc) is 3.09. The fourth-order valence-electron chi connectivity index (χ4n) is 2.25. The monoisotopic (exact) mass is 352 g/mol. The molecule has 126 valence electrons. The highest BCUT2D eigenvalue weighted by Crippen LogP contribution is 2.23. The number of amides is 3. The molecule has 0 fully saturated rings. The summed E-state index contributed by atoms with van der Waals surface area (Å²) in [5, 5.41) is 8.10. The second-order valence-electron chi connectivity index (χ2n) is 5.26. The van der Waals surface area contributed by atoms with E-state index in [4.69, 9.17) is 5.73 Å². The van der Waals surface area contributed by atoms with Crippen molar-refractivity contribution >= 4 is 29.0 Å². The summed E-state index contributed by atoms with van der Waals surface area (Å²) in [5.74, 6) is -0.248. The quantitative estimate of drug-likeness (QED) is 0.657. The van der Waals surface area contributed by atoms with Gasteiger partial charge in [-0.3, -0.25) is 4.79 Å². The number of urea groups is 1. The van der Waals surface area contributed by atoms with E-state index in [2.05, 4.69) is 15.6 Å². The number of hydrogen-bond acceptors (Lipinski definition) is 4. The number of hydrogen-bond donors (Lipinski definition) is 3. The first kappa shape index (κ1) is 16.7. The Bertz CT molecular complexity index is 893. The number of aromatic nitrogens is 1. The minimum Gasteiger partial charge on any atom is -0.351 e. The number of primary amides is 1. The fraction of sp³-hybridized carbons (Fsp3) is 0.0556. The second kappa shape index (κ2) is 7.59. The van der Waals surface area contributed by atoms with E-state index in [1.165, 1.54) is 11.3 Å². The van der Waals surface area contributed by atoms with Gasteiger partial charge >= 0.3 is 6.03 Å². The summed E-state index contributed by atoms with van der Waals surface area (Å²) in [7, 11) is 0. The minimum atomic E-state index is -0.673. The van der Waals surface area contributed by atoms with Crippen molar-refractivity contribution in [2.75, 3.05) is 5.32 Å². The molecule has 3 aromatic rings. The summed E-state index contributed by atoms with van der Waals surface area (Å²) in [5.41, 5.74) is 7.83. The summed E-state index contributed by atoms with van der Waals surface area (Å²) in [6.45, 7) is 0.329. The van der Waals surface area contributed by atoms with Crippen LogP contribution in [0.3, 0.4) is 0 Å². The standard InChI is InChI=1S/C18H16N4O2S/c19-18(24)22-14-8-4-7-13(9-14)16(23)20-10-15-11-25-17(21-15)12-5-2-1-3-6-12/h1-9,11H,10H2,(H,20,23)(H3,19,22,24). The van der Waals surface area contributed by atoms with Crippen molar-refractivity contribution in [2.45, 2.75) is 6.54 Å². The Morgan fingerprint density at radius 2 is 1.88 bits per heavy atom. The summed E-state index contributed by atoms with van der Waals surface area (Å²) >= 11 is 1.54. The van der Waals surface area contributed by atoms with Gasteiger partial charge in [-0.05, 0) is 18.2 Å². The zero-order valence-corrected chi connectivity index (χ0v) is 14.0. The van der Waals surface area contributed by atoms with Crippen LogP contribution in [0.15, 0.2) is 60.0 Å². The van der Waals surface area contributed by atoms with Crippen molar-refractivity contribution in [3.63, 3.8) is 0 Å². The maximum absolute atomic E-state index is 12.3. The van der Waals surface area contributed by atoms with Crippen molar-refractivity contribution in [1.82, 2.24) is 10.3 Å². The van der Waals surface area contributed by atoms with Crippen LogP contribution in [0, 0.1) is 0 Å². The topological polar surface area (TPSA) is 97.1 Å². The van der Waals surface area contributed by atoms with Crippen LogP contribution in [0.4, 0.5) is 10.5 Å². The van der Waals surface area contributed by atoms with Crippen LogP contribution in [0.2, 0.25) is 0 Å². The summed E-state index contributed by atoms with van der Waals surface area (Å²) in [6.07, 6.45) is 0. The van der Waals surface area contributed by atoms with E-state index in [0.717, 1.165) is 16.3 Å². The Morgan fingerprint density at radius 1 is 1.08 bits per heavy atom. The predicted octanol–water partition coefficient (Wildman–Crippen LogP) is 3.23. The lowest BCUT2D eigenvalue weighted by Gasteiger charge is -2.06. The molecule has 0 aliphatic rings. The van der Waals surface area contributed by atoms with Gasteiger partial charge in [0.25, 0.3) is 5.91 Å². The molecule has 6 nitrogen and oxygen atoms in total. The molecular formula is C18H16N4O2S. The van der Waals surface area contributed by atoms with E-state index in [-0.39, 0.29) is 5.91 Å². The summed E-state index contributed by atoms with van der Waals surface area (Å²) < 4.78 is 0. The molecule has 0 spiro atoms. The van der Waals surface area contributed by atoms with Crippen molar-refractivity contribution < 1.29 is 9.59 Å². The van der Waals surface area contributed by atoms with Gasteiger partial charge in [-0.25, -0.2) is 9.78 Å². The Labute approximate surface area is 148 Å². The molecule has 0 saturated heterocycles. The third-order valence-electron chi connectivity index (χ3n) is 3.39. The molecule has 25 heavy (non-hydrogen) atoms. The maximum atomic E-state index is 12.3. The van der Waals surface area contributed by atoms with Crippen molar-refractivity contribution in [1.29, 1.82) is 0 Å². The molecule has 4 N–H and O–H groups in total. The number of anilines is 1. The van der Waals surface area contributed by atoms with Gasteiger partial charge in [0.1, 0.15) is 5.01 Å². The number of nitrogens with one attached hydrogen (secondary N) is 2. The molecule has 0 aliphatic carbocycles. The van der Waals surface area contributed by atoms with Crippen LogP contribution in [0.25, 0.3) is 10.6 Å². The van der Waals surface area contributed by atoms with Gasteiger partial charge in [0.05, 0.1) is 12.2 Å². The lowest BCUT2D eigenvalue weighted by atomic mass is 10.2. The number of thiazole rings is 1. The summed E-state index contributed by atoms with van der Waals surface area (Å²) in [4.78, 5) is 27.7. The Balaban J connectivity index is 1.63. The largest absolute Gasteiger partial charge is 0.351 e. The highest BCUT2D eigenvalue weighted by atomic mass is 32.1. The molecule has 1 aromatic heterocycles. The first-order chi connectivity index (χ1) is 12.1. The molecule has 0 aliphatic heterocycles. The van der Waals surface area contributed by atoms with E-state index < -0.39 is 6.03 Å². The van der Waals surface area contributed by atoms with Gasteiger partial charge in [-0.15, -0.1) is 11.3 Å². The Kier molecular flexibility index (Phi) is 5.06. The van der Waals surface area contributed by atoms with Crippen LogP contribution >= 0.6 is 11.3 Å². The van der Waals surface area contributed by atoms with E-state index in [0.29, 0.717) is 17.8 Å². The second-order valence-corrected chi connectivity index (χ2v) is 6.12. The number of carbonyl (C=O) groups is 2. The van der Waals surface area contributed by atoms with E-state index in [1.807, 2.05) is 35.7 Å². The fourth-order valence-corrected chi connectivity index (χ4v) is 3.08. The number of benzene rings is 2. The lowest BCUT2D eigenvalue weighted by Crippen LogP contribution is -2.23. The van der Waals surface area contributed by atoms with Gasteiger partial charge in [-0.2, -0.15) is 0 Å². The molecule has 0 radical (unpaired) electrons. The molecule has 3 amide bonds. The predicted molar refractivity (Wildman–Crippen MR) is 98.4 cm³/mol. The third kappa shape index (κ3) is 4.42. The van der Waals surface area contributed by atoms with E-state index in [1.54, 1.807) is 24.3 Å². The number of rotatable bonds is 5. The van der Waals surface area contributed by atoms with Crippen LogP contribution < -0.4 is 16.4 Å². The van der Waals surface area contributed by atoms with Gasteiger partial charge in [0.2, 0.25) is 0 Å². The van der Waals surface area contributed by atoms with Crippen molar-refractivity contribution in [3.8, 4) is 10.6 Å². The average molecular weight is 352 g/mol. The van der Waals surface area contributed by atoms with Gasteiger partial charge in [0, 0.05) is 22.2 Å². The van der Waals surface area contributed by atoms with Crippen molar-refractivity contribution in [3.05, 3.63) is 71.2 Å². The molecule has 7 heteroatoms. The molecule has 0 atom stereocenters. The van der Waals surface area contributed by atoms with Gasteiger partial charge < -0.3 is 16.4 Å². The van der Waals surface area contributed by atoms with Crippen LogP contribution in [0.5, 0.6) is 0 Å². The van der Waals surface area contributed by atoms with E-state index >= 15 is 0 Å². The molecule has 0 bridgehead atoms. The van der Waals surface area contributed by atoms with Crippen LogP contribution in [-0.2, 0) is 6.54 Å².